The maximum Gasteiger partial charge on any atom is 0.291 e. The van der Waals surface area contributed by atoms with Crippen molar-refractivity contribution in [1.82, 2.24) is 25.8 Å². The third kappa shape index (κ3) is 4.00. The molecular weight excluding hydrogens is 344 g/mol. The Morgan fingerprint density at radius 3 is 2.60 bits per heavy atom. The number of thiocarbonyl (C=S) groups is 1. The number of benzene rings is 1. The van der Waals surface area contributed by atoms with Crippen molar-refractivity contribution in [3.8, 4) is 0 Å². The summed E-state index contributed by atoms with van der Waals surface area (Å²) in [6, 6.07) is 7.46. The lowest BCUT2D eigenvalue weighted by Crippen LogP contribution is -2.43. The van der Waals surface area contributed by atoms with Crippen LogP contribution in [-0.4, -0.2) is 26.0 Å². The van der Waals surface area contributed by atoms with Gasteiger partial charge in [-0.2, -0.15) is 0 Å². The van der Waals surface area contributed by atoms with Crippen LogP contribution in [0.3, 0.4) is 0 Å². The lowest BCUT2D eigenvalue weighted by atomic mass is 10.3. The summed E-state index contributed by atoms with van der Waals surface area (Å²) in [5.74, 6) is -0.418. The smallest absolute Gasteiger partial charge is 0.291 e. The number of carbonyl (C=O) groups is 1. The minimum atomic E-state index is -0.418. The Morgan fingerprint density at radius 1 is 1.30 bits per heavy atom. The Labute approximate surface area is 128 Å². The van der Waals surface area contributed by atoms with E-state index in [1.54, 1.807) is 7.05 Å². The van der Waals surface area contributed by atoms with Gasteiger partial charge in [0.05, 0.1) is 6.20 Å². The molecule has 1 amide bonds. The van der Waals surface area contributed by atoms with E-state index < -0.39 is 5.91 Å². The van der Waals surface area contributed by atoms with Crippen LogP contribution in [0.15, 0.2) is 34.9 Å². The molecular formula is C11H11BrN6OS. The summed E-state index contributed by atoms with van der Waals surface area (Å²) in [7, 11) is 1.68. The van der Waals surface area contributed by atoms with Crippen LogP contribution >= 0.6 is 28.1 Å². The van der Waals surface area contributed by atoms with Crippen LogP contribution < -0.4 is 16.2 Å². The van der Waals surface area contributed by atoms with Gasteiger partial charge in [0.1, 0.15) is 0 Å². The van der Waals surface area contributed by atoms with Crippen molar-refractivity contribution < 1.29 is 4.79 Å². The first kappa shape index (κ1) is 14.4. The number of nitrogens with zero attached hydrogens (tertiary/aromatic N) is 3. The molecule has 0 aliphatic heterocycles. The van der Waals surface area contributed by atoms with E-state index in [1.807, 2.05) is 24.3 Å². The monoisotopic (exact) mass is 354 g/mol. The summed E-state index contributed by atoms with van der Waals surface area (Å²) < 4.78 is 2.41. The molecule has 7 nitrogen and oxygen atoms in total. The number of amides is 1. The lowest BCUT2D eigenvalue weighted by molar-refractivity contribution is 0.0939. The van der Waals surface area contributed by atoms with Gasteiger partial charge >= 0.3 is 0 Å². The molecule has 0 aliphatic rings. The standard InChI is InChI=1S/C11H11BrN6OS/c1-18-6-9(14-17-18)10(19)15-16-11(20)13-8-4-2-7(12)3-5-8/h2-6H,1H3,(H,15,19)(H2,13,16,20). The number of aromatic nitrogens is 3. The SMILES string of the molecule is Cn1cc(C(=O)NNC(=S)Nc2ccc(Br)cc2)nn1. The topological polar surface area (TPSA) is 83.9 Å². The molecule has 1 aromatic carbocycles. The number of hydrogen-bond acceptors (Lipinski definition) is 4. The summed E-state index contributed by atoms with van der Waals surface area (Å²) in [6.45, 7) is 0. The predicted molar refractivity (Wildman–Crippen MR) is 82.0 cm³/mol. The molecule has 0 saturated heterocycles. The van der Waals surface area contributed by atoms with Crippen molar-refractivity contribution >= 4 is 44.9 Å². The van der Waals surface area contributed by atoms with E-state index in [1.165, 1.54) is 10.9 Å². The Kier molecular flexibility index (Phi) is 4.64. The zero-order chi connectivity index (χ0) is 14.5. The maximum absolute atomic E-state index is 11.7. The molecule has 1 heterocycles. The zero-order valence-electron chi connectivity index (χ0n) is 10.4. The summed E-state index contributed by atoms with van der Waals surface area (Å²) in [5.41, 5.74) is 6.02. The third-order valence-electron chi connectivity index (χ3n) is 2.23. The molecule has 0 saturated carbocycles. The highest BCUT2D eigenvalue weighted by atomic mass is 79.9. The van der Waals surface area contributed by atoms with Crippen molar-refractivity contribution in [2.45, 2.75) is 0 Å². The average molecular weight is 355 g/mol. The Bertz CT molecular complexity index is 626. The summed E-state index contributed by atoms with van der Waals surface area (Å²) in [4.78, 5) is 11.7. The van der Waals surface area contributed by atoms with E-state index >= 15 is 0 Å². The van der Waals surface area contributed by atoms with Gasteiger partial charge in [-0.25, -0.2) is 0 Å². The fourth-order valence-corrected chi connectivity index (χ4v) is 1.76. The fraction of sp³-hybridized carbons (Fsp3) is 0.0909. The van der Waals surface area contributed by atoms with Crippen LogP contribution in [0.1, 0.15) is 10.5 Å². The van der Waals surface area contributed by atoms with Crippen molar-refractivity contribution in [1.29, 1.82) is 0 Å². The molecule has 2 aromatic rings. The Hall–Kier alpha value is -2.00. The predicted octanol–water partition coefficient (Wildman–Crippen LogP) is 1.21. The highest BCUT2D eigenvalue weighted by Gasteiger charge is 2.09. The lowest BCUT2D eigenvalue weighted by Gasteiger charge is -2.10. The second-order valence-corrected chi connectivity index (χ2v) is 5.14. The summed E-state index contributed by atoms with van der Waals surface area (Å²) in [6.07, 6.45) is 1.50. The van der Waals surface area contributed by atoms with Crippen LogP contribution in [0.4, 0.5) is 5.69 Å². The quantitative estimate of drug-likeness (QED) is 0.555. The average Bonchev–Trinajstić information content (AvgIpc) is 2.85. The van der Waals surface area contributed by atoms with Gasteiger partial charge in [-0.1, -0.05) is 21.1 Å². The van der Waals surface area contributed by atoms with Crippen LogP contribution in [0.5, 0.6) is 0 Å². The molecule has 2 rings (SSSR count). The van der Waals surface area contributed by atoms with Crippen LogP contribution in [0, 0.1) is 0 Å². The van der Waals surface area contributed by atoms with Gasteiger partial charge in [0, 0.05) is 17.2 Å². The highest BCUT2D eigenvalue weighted by molar-refractivity contribution is 9.10. The molecule has 1 aromatic heterocycles. The molecule has 20 heavy (non-hydrogen) atoms. The number of anilines is 1. The molecule has 0 atom stereocenters. The van der Waals surface area contributed by atoms with E-state index in [4.69, 9.17) is 12.2 Å². The minimum Gasteiger partial charge on any atom is -0.331 e. The van der Waals surface area contributed by atoms with Gasteiger partial charge in [0.15, 0.2) is 10.8 Å². The summed E-state index contributed by atoms with van der Waals surface area (Å²) in [5, 5.41) is 10.5. The van der Waals surface area contributed by atoms with Crippen LogP contribution in [-0.2, 0) is 7.05 Å². The molecule has 104 valence electrons. The van der Waals surface area contributed by atoms with E-state index in [0.29, 0.717) is 0 Å². The third-order valence-corrected chi connectivity index (χ3v) is 2.96. The van der Waals surface area contributed by atoms with Gasteiger partial charge in [0.25, 0.3) is 5.91 Å². The number of hydrogen-bond donors (Lipinski definition) is 3. The van der Waals surface area contributed by atoms with Gasteiger partial charge in [0.2, 0.25) is 0 Å². The number of hydrazine groups is 1. The van der Waals surface area contributed by atoms with Crippen molar-refractivity contribution in [3.63, 3.8) is 0 Å². The first-order chi connectivity index (χ1) is 9.54. The number of rotatable bonds is 2. The normalized spacial score (nSPS) is 9.90. The minimum absolute atomic E-state index is 0.200. The highest BCUT2D eigenvalue weighted by Crippen LogP contribution is 2.13. The molecule has 3 N–H and O–H groups in total. The van der Waals surface area contributed by atoms with Gasteiger partial charge in [-0.15, -0.1) is 5.10 Å². The van der Waals surface area contributed by atoms with Gasteiger partial charge < -0.3 is 5.32 Å². The first-order valence-electron chi connectivity index (χ1n) is 5.54. The molecule has 9 heteroatoms. The zero-order valence-corrected chi connectivity index (χ0v) is 12.8. The number of nitrogens with one attached hydrogen (secondary N) is 3. The molecule has 0 spiro atoms. The van der Waals surface area contributed by atoms with Crippen molar-refractivity contribution in [2.24, 2.45) is 7.05 Å². The molecule has 0 fully saturated rings. The number of carbonyl (C=O) groups excluding carboxylic acids is 1. The largest absolute Gasteiger partial charge is 0.331 e. The van der Waals surface area contributed by atoms with Crippen LogP contribution in [0.2, 0.25) is 0 Å². The molecule has 0 aliphatic carbocycles. The molecule has 0 radical (unpaired) electrons. The Balaban J connectivity index is 1.83. The van der Waals surface area contributed by atoms with E-state index in [0.717, 1.165) is 10.2 Å². The number of halogens is 1. The maximum atomic E-state index is 11.7. The van der Waals surface area contributed by atoms with E-state index in [-0.39, 0.29) is 10.8 Å². The van der Waals surface area contributed by atoms with Crippen molar-refractivity contribution in [3.05, 3.63) is 40.6 Å². The van der Waals surface area contributed by atoms with E-state index in [9.17, 15) is 4.79 Å². The fourth-order valence-electron chi connectivity index (χ4n) is 1.32. The molecule has 0 unspecified atom stereocenters. The van der Waals surface area contributed by atoms with Gasteiger partial charge in [-0.3, -0.25) is 20.3 Å². The van der Waals surface area contributed by atoms with Crippen molar-refractivity contribution in [2.75, 3.05) is 5.32 Å². The molecule has 0 bridgehead atoms. The second kappa shape index (κ2) is 6.44. The van der Waals surface area contributed by atoms with Gasteiger partial charge in [-0.05, 0) is 36.5 Å². The first-order valence-corrected chi connectivity index (χ1v) is 6.74. The summed E-state index contributed by atoms with van der Waals surface area (Å²) >= 11 is 8.39. The Morgan fingerprint density at radius 2 is 2.00 bits per heavy atom. The second-order valence-electron chi connectivity index (χ2n) is 3.82. The van der Waals surface area contributed by atoms with Crippen LogP contribution in [0.25, 0.3) is 0 Å². The van der Waals surface area contributed by atoms with E-state index in [2.05, 4.69) is 42.4 Å². The number of aryl methyl sites for hydroxylation is 1.